The molecule has 0 atom stereocenters. The Morgan fingerprint density at radius 1 is 1.42 bits per heavy atom. The lowest BCUT2D eigenvalue weighted by atomic mass is 10.1. The fourth-order valence-electron chi connectivity index (χ4n) is 1.57. The van der Waals surface area contributed by atoms with Crippen molar-refractivity contribution in [3.05, 3.63) is 39.4 Å². The largest absolute Gasteiger partial charge is 0.481 e. The normalized spacial score (nSPS) is 10.0. The van der Waals surface area contributed by atoms with Crippen molar-refractivity contribution >= 4 is 17.6 Å². The van der Waals surface area contributed by atoms with E-state index in [4.69, 9.17) is 5.11 Å². The van der Waals surface area contributed by atoms with Gasteiger partial charge < -0.3 is 10.0 Å². The van der Waals surface area contributed by atoms with Gasteiger partial charge in [-0.05, 0) is 18.6 Å². The molecule has 1 rings (SSSR count). The lowest BCUT2D eigenvalue weighted by molar-refractivity contribution is -0.384. The summed E-state index contributed by atoms with van der Waals surface area (Å²) in [5.74, 6) is -1.34. The molecule has 0 spiro atoms. The first-order chi connectivity index (χ1) is 8.82. The number of aryl methyl sites for hydroxylation is 1. The van der Waals surface area contributed by atoms with E-state index in [2.05, 4.69) is 0 Å². The fourth-order valence-corrected chi connectivity index (χ4v) is 1.57. The first kappa shape index (κ1) is 14.6. The van der Waals surface area contributed by atoms with Gasteiger partial charge in [0.1, 0.15) is 0 Å². The molecular formula is C12H14N2O5. The van der Waals surface area contributed by atoms with Crippen LogP contribution in [0.2, 0.25) is 0 Å². The van der Waals surface area contributed by atoms with E-state index in [1.165, 1.54) is 30.1 Å². The second kappa shape index (κ2) is 5.94. The van der Waals surface area contributed by atoms with Crippen molar-refractivity contribution in [3.8, 4) is 0 Å². The summed E-state index contributed by atoms with van der Waals surface area (Å²) in [6.45, 7) is 1.69. The molecule has 1 aromatic rings. The second-order valence-electron chi connectivity index (χ2n) is 4.13. The molecule has 0 bridgehead atoms. The molecule has 0 saturated heterocycles. The van der Waals surface area contributed by atoms with Gasteiger partial charge in [-0.25, -0.2) is 0 Å². The summed E-state index contributed by atoms with van der Waals surface area (Å²) < 4.78 is 0. The highest BCUT2D eigenvalue weighted by Gasteiger charge is 2.17. The van der Waals surface area contributed by atoms with Crippen molar-refractivity contribution in [3.63, 3.8) is 0 Å². The molecule has 102 valence electrons. The molecule has 0 aliphatic carbocycles. The third kappa shape index (κ3) is 3.77. The molecule has 1 amide bonds. The summed E-state index contributed by atoms with van der Waals surface area (Å²) >= 11 is 0. The lowest BCUT2D eigenvalue weighted by Crippen LogP contribution is -2.29. The number of benzene rings is 1. The highest BCUT2D eigenvalue weighted by Crippen LogP contribution is 2.18. The van der Waals surface area contributed by atoms with Gasteiger partial charge in [0.2, 0.25) is 0 Å². The van der Waals surface area contributed by atoms with Gasteiger partial charge in [-0.2, -0.15) is 0 Å². The summed E-state index contributed by atoms with van der Waals surface area (Å²) in [5.41, 5.74) is 0.738. The quantitative estimate of drug-likeness (QED) is 0.642. The van der Waals surface area contributed by atoms with Crippen LogP contribution in [-0.4, -0.2) is 40.4 Å². The molecule has 1 N–H and O–H groups in total. The Balaban J connectivity index is 2.88. The number of rotatable bonds is 5. The average Bonchev–Trinajstić information content (AvgIpc) is 2.34. The van der Waals surface area contributed by atoms with E-state index in [0.29, 0.717) is 11.1 Å². The van der Waals surface area contributed by atoms with Crippen LogP contribution in [0.5, 0.6) is 0 Å². The molecule has 0 aliphatic heterocycles. The zero-order chi connectivity index (χ0) is 14.6. The smallest absolute Gasteiger partial charge is 0.305 e. The Bertz CT molecular complexity index is 527. The fraction of sp³-hybridized carbons (Fsp3) is 0.333. The van der Waals surface area contributed by atoms with Crippen molar-refractivity contribution in [2.75, 3.05) is 13.6 Å². The SMILES string of the molecule is Cc1cc([N+](=O)[O-])ccc1C(=O)N(C)CCC(=O)O. The number of carbonyl (C=O) groups is 2. The summed E-state index contributed by atoms with van der Waals surface area (Å²) in [4.78, 5) is 33.8. The first-order valence-corrected chi connectivity index (χ1v) is 5.55. The number of amides is 1. The van der Waals surface area contributed by atoms with Crippen LogP contribution in [0.1, 0.15) is 22.3 Å². The van der Waals surface area contributed by atoms with Crippen LogP contribution in [0.15, 0.2) is 18.2 Å². The summed E-state index contributed by atoms with van der Waals surface area (Å²) in [6, 6.07) is 3.95. The van der Waals surface area contributed by atoms with E-state index < -0.39 is 10.9 Å². The highest BCUT2D eigenvalue weighted by molar-refractivity contribution is 5.95. The van der Waals surface area contributed by atoms with E-state index in [9.17, 15) is 19.7 Å². The molecule has 0 aliphatic rings. The van der Waals surface area contributed by atoms with Crippen LogP contribution in [0.3, 0.4) is 0 Å². The van der Waals surface area contributed by atoms with Crippen molar-refractivity contribution in [2.24, 2.45) is 0 Å². The topological polar surface area (TPSA) is 101 Å². The predicted octanol–water partition coefficient (Wildman–Crippen LogP) is 1.45. The lowest BCUT2D eigenvalue weighted by Gasteiger charge is -2.17. The third-order valence-corrected chi connectivity index (χ3v) is 2.66. The second-order valence-corrected chi connectivity index (χ2v) is 4.13. The Morgan fingerprint density at radius 2 is 2.05 bits per heavy atom. The van der Waals surface area contributed by atoms with E-state index in [1.54, 1.807) is 6.92 Å². The first-order valence-electron chi connectivity index (χ1n) is 5.55. The predicted molar refractivity (Wildman–Crippen MR) is 67.0 cm³/mol. The summed E-state index contributed by atoms with van der Waals surface area (Å²) in [7, 11) is 1.49. The number of carbonyl (C=O) groups excluding carboxylic acids is 1. The Morgan fingerprint density at radius 3 is 2.53 bits per heavy atom. The van der Waals surface area contributed by atoms with Crippen LogP contribution in [0.4, 0.5) is 5.69 Å². The molecule has 7 heteroatoms. The van der Waals surface area contributed by atoms with Crippen LogP contribution in [-0.2, 0) is 4.79 Å². The van der Waals surface area contributed by atoms with E-state index in [0.717, 1.165) is 0 Å². The van der Waals surface area contributed by atoms with Gasteiger partial charge in [-0.15, -0.1) is 0 Å². The number of hydrogen-bond donors (Lipinski definition) is 1. The van der Waals surface area contributed by atoms with Gasteiger partial charge in [0, 0.05) is 31.3 Å². The minimum Gasteiger partial charge on any atom is -0.481 e. The average molecular weight is 266 g/mol. The van der Waals surface area contributed by atoms with Crippen molar-refractivity contribution in [1.82, 2.24) is 4.90 Å². The standard InChI is InChI=1S/C12H14N2O5/c1-8-7-9(14(18)19)3-4-10(8)12(17)13(2)6-5-11(15)16/h3-4,7H,5-6H2,1-2H3,(H,15,16). The number of aliphatic carboxylic acids is 1. The molecular weight excluding hydrogens is 252 g/mol. The zero-order valence-corrected chi connectivity index (χ0v) is 10.6. The van der Waals surface area contributed by atoms with E-state index in [-0.39, 0.29) is 24.6 Å². The number of nitro benzene ring substituents is 1. The van der Waals surface area contributed by atoms with Gasteiger partial charge in [-0.1, -0.05) is 0 Å². The molecule has 0 aromatic heterocycles. The Kier molecular flexibility index (Phi) is 4.57. The number of nitro groups is 1. The maximum absolute atomic E-state index is 12.0. The van der Waals surface area contributed by atoms with Gasteiger partial charge >= 0.3 is 5.97 Å². The number of carboxylic acids is 1. The van der Waals surface area contributed by atoms with Crippen molar-refractivity contribution < 1.29 is 19.6 Å². The minimum atomic E-state index is -0.986. The number of carboxylic acid groups (broad SMARTS) is 1. The molecule has 7 nitrogen and oxygen atoms in total. The number of nitrogens with zero attached hydrogens (tertiary/aromatic N) is 2. The third-order valence-electron chi connectivity index (χ3n) is 2.66. The Labute approximate surface area is 109 Å². The molecule has 1 aromatic carbocycles. The Hall–Kier alpha value is -2.44. The van der Waals surface area contributed by atoms with Crippen molar-refractivity contribution in [2.45, 2.75) is 13.3 Å². The zero-order valence-electron chi connectivity index (χ0n) is 10.6. The van der Waals surface area contributed by atoms with E-state index in [1.807, 2.05) is 0 Å². The summed E-state index contributed by atoms with van der Waals surface area (Å²) in [6.07, 6.45) is -0.145. The highest BCUT2D eigenvalue weighted by atomic mass is 16.6. The van der Waals surface area contributed by atoms with Crippen LogP contribution in [0, 0.1) is 17.0 Å². The molecule has 19 heavy (non-hydrogen) atoms. The van der Waals surface area contributed by atoms with Crippen LogP contribution < -0.4 is 0 Å². The molecule has 0 heterocycles. The summed E-state index contributed by atoms with van der Waals surface area (Å²) in [5, 5.41) is 19.1. The van der Waals surface area contributed by atoms with Crippen LogP contribution in [0.25, 0.3) is 0 Å². The number of hydrogen-bond acceptors (Lipinski definition) is 4. The molecule has 0 saturated carbocycles. The monoisotopic (exact) mass is 266 g/mol. The van der Waals surface area contributed by atoms with Gasteiger partial charge in [-0.3, -0.25) is 19.7 Å². The van der Waals surface area contributed by atoms with E-state index >= 15 is 0 Å². The maximum Gasteiger partial charge on any atom is 0.305 e. The molecule has 0 unspecified atom stereocenters. The van der Waals surface area contributed by atoms with Gasteiger partial charge in [0.05, 0.1) is 11.3 Å². The minimum absolute atomic E-state index is 0.0813. The molecule has 0 fully saturated rings. The number of non-ortho nitro benzene ring substituents is 1. The van der Waals surface area contributed by atoms with Crippen LogP contribution >= 0.6 is 0 Å². The molecule has 0 radical (unpaired) electrons. The maximum atomic E-state index is 12.0. The van der Waals surface area contributed by atoms with Gasteiger partial charge in [0.25, 0.3) is 11.6 Å². The van der Waals surface area contributed by atoms with Gasteiger partial charge in [0.15, 0.2) is 0 Å². The van der Waals surface area contributed by atoms with Crippen molar-refractivity contribution in [1.29, 1.82) is 0 Å².